The fourth-order valence-electron chi connectivity index (χ4n) is 2.91. The molecule has 1 N–H and O–H groups in total. The molecule has 28 heavy (non-hydrogen) atoms. The van der Waals surface area contributed by atoms with E-state index in [-0.39, 0.29) is 30.7 Å². The number of hydrogen-bond donors (Lipinski definition) is 1. The Morgan fingerprint density at radius 3 is 2.46 bits per heavy atom. The molecule has 1 aliphatic heterocycles. The van der Waals surface area contributed by atoms with Crippen LogP contribution in [0.4, 0.5) is 0 Å². The largest absolute Gasteiger partial charge is 0.497 e. The lowest BCUT2D eigenvalue weighted by atomic mass is 10.2. The van der Waals surface area contributed by atoms with Crippen LogP contribution in [-0.2, 0) is 11.3 Å². The zero-order chi connectivity index (χ0) is 18.4. The summed E-state index contributed by atoms with van der Waals surface area (Å²) in [6.07, 6.45) is 0.547. The van der Waals surface area contributed by atoms with Crippen molar-refractivity contribution < 1.29 is 14.1 Å². The highest BCUT2D eigenvalue weighted by Gasteiger charge is 2.22. The number of methoxy groups -OCH3 is 1. The van der Waals surface area contributed by atoms with Crippen molar-refractivity contribution in [3.05, 3.63) is 30.2 Å². The Labute approximate surface area is 177 Å². The number of nitrogens with one attached hydrogen (secondary N) is 1. The zero-order valence-corrected chi connectivity index (χ0v) is 17.7. The van der Waals surface area contributed by atoms with Gasteiger partial charge in [0.1, 0.15) is 5.75 Å². The molecule has 1 aliphatic rings. The number of hydrogen-bond acceptors (Lipinski definition) is 7. The summed E-state index contributed by atoms with van der Waals surface area (Å²) >= 11 is 0. The van der Waals surface area contributed by atoms with Gasteiger partial charge in [-0.2, -0.15) is 4.98 Å². The third kappa shape index (κ3) is 6.34. The van der Waals surface area contributed by atoms with Crippen molar-refractivity contribution in [3.8, 4) is 17.1 Å². The Morgan fingerprint density at radius 1 is 1.18 bits per heavy atom. The summed E-state index contributed by atoms with van der Waals surface area (Å²) in [7, 11) is 3.49. The first kappa shape index (κ1) is 24.2. The highest BCUT2D eigenvalue weighted by molar-refractivity contribution is 5.85. The topological polar surface area (TPSA) is 83.7 Å². The SMILES string of the molecule is CNCCC(=O)N1CCN(Cc2nc(-c3ccc(OC)cc3)no2)CC1.Cl.Cl. The van der Waals surface area contributed by atoms with Crippen molar-refractivity contribution in [1.29, 1.82) is 0 Å². The standard InChI is InChI=1S/C18H25N5O3.2ClH/c1-19-8-7-17(24)23-11-9-22(10-12-23)13-16-20-18(21-26-16)14-3-5-15(25-2)6-4-14;;/h3-6,19H,7-13H2,1-2H3;2*1H. The lowest BCUT2D eigenvalue weighted by molar-refractivity contribution is -0.132. The van der Waals surface area contributed by atoms with Crippen LogP contribution in [0, 0.1) is 0 Å². The zero-order valence-electron chi connectivity index (χ0n) is 16.1. The second-order valence-corrected chi connectivity index (χ2v) is 6.25. The molecule has 3 rings (SSSR count). The van der Waals surface area contributed by atoms with Crippen LogP contribution in [0.25, 0.3) is 11.4 Å². The van der Waals surface area contributed by atoms with Crippen molar-refractivity contribution in [2.45, 2.75) is 13.0 Å². The van der Waals surface area contributed by atoms with E-state index < -0.39 is 0 Å². The molecule has 1 amide bonds. The first-order valence-electron chi connectivity index (χ1n) is 8.81. The number of piperazine rings is 1. The first-order chi connectivity index (χ1) is 12.7. The van der Waals surface area contributed by atoms with Crippen molar-refractivity contribution >= 4 is 30.7 Å². The van der Waals surface area contributed by atoms with Gasteiger partial charge < -0.3 is 19.5 Å². The van der Waals surface area contributed by atoms with Gasteiger partial charge in [-0.25, -0.2) is 0 Å². The van der Waals surface area contributed by atoms with Crippen LogP contribution in [0.3, 0.4) is 0 Å². The van der Waals surface area contributed by atoms with Crippen LogP contribution in [-0.4, -0.2) is 72.7 Å². The molecule has 8 nitrogen and oxygen atoms in total. The smallest absolute Gasteiger partial charge is 0.241 e. The van der Waals surface area contributed by atoms with E-state index in [4.69, 9.17) is 9.26 Å². The maximum absolute atomic E-state index is 12.0. The summed E-state index contributed by atoms with van der Waals surface area (Å²) < 4.78 is 10.5. The van der Waals surface area contributed by atoms with Crippen molar-refractivity contribution in [1.82, 2.24) is 25.3 Å². The molecular weight excluding hydrogens is 405 g/mol. The first-order valence-corrected chi connectivity index (χ1v) is 8.81. The van der Waals surface area contributed by atoms with Gasteiger partial charge in [0.15, 0.2) is 0 Å². The number of halogens is 2. The second-order valence-electron chi connectivity index (χ2n) is 6.25. The molecule has 0 bridgehead atoms. The van der Waals surface area contributed by atoms with E-state index in [0.717, 1.165) is 44.0 Å². The molecule has 0 radical (unpaired) electrons. The number of carbonyl (C=O) groups excluding carboxylic acids is 1. The Hall–Kier alpha value is -1.87. The van der Waals surface area contributed by atoms with E-state index in [2.05, 4.69) is 20.4 Å². The molecule has 0 spiro atoms. The highest BCUT2D eigenvalue weighted by Crippen LogP contribution is 2.20. The lowest BCUT2D eigenvalue weighted by Crippen LogP contribution is -2.48. The Bertz CT molecular complexity index is 718. The number of aromatic nitrogens is 2. The van der Waals surface area contributed by atoms with Crippen molar-refractivity contribution in [3.63, 3.8) is 0 Å². The summed E-state index contributed by atoms with van der Waals surface area (Å²) in [5, 5.41) is 7.07. The van der Waals surface area contributed by atoms with Gasteiger partial charge in [0.2, 0.25) is 17.6 Å². The Kier molecular flexibility index (Phi) is 10.2. The summed E-state index contributed by atoms with van der Waals surface area (Å²) in [4.78, 5) is 20.7. The summed E-state index contributed by atoms with van der Waals surface area (Å²) in [5.74, 6) is 2.16. The molecule has 1 aromatic carbocycles. The minimum atomic E-state index is 0. The molecule has 2 aromatic rings. The van der Waals surface area contributed by atoms with Gasteiger partial charge in [-0.15, -0.1) is 24.8 Å². The molecule has 2 heterocycles. The summed E-state index contributed by atoms with van der Waals surface area (Å²) in [6, 6.07) is 7.55. The predicted molar refractivity (Wildman–Crippen MR) is 111 cm³/mol. The van der Waals surface area contributed by atoms with Crippen molar-refractivity contribution in [2.24, 2.45) is 0 Å². The average Bonchev–Trinajstić information content (AvgIpc) is 3.15. The van der Waals surface area contributed by atoms with E-state index in [1.807, 2.05) is 36.2 Å². The molecule has 0 atom stereocenters. The minimum Gasteiger partial charge on any atom is -0.497 e. The normalized spacial score (nSPS) is 14.1. The number of carbonyl (C=O) groups is 1. The fourth-order valence-corrected chi connectivity index (χ4v) is 2.91. The van der Waals surface area contributed by atoms with Gasteiger partial charge in [0, 0.05) is 44.7 Å². The van der Waals surface area contributed by atoms with Crippen LogP contribution < -0.4 is 10.1 Å². The van der Waals surface area contributed by atoms with E-state index in [0.29, 0.717) is 24.7 Å². The predicted octanol–water partition coefficient (Wildman–Crippen LogP) is 1.84. The van der Waals surface area contributed by atoms with Crippen LogP contribution in [0.2, 0.25) is 0 Å². The van der Waals surface area contributed by atoms with Gasteiger partial charge in [0.25, 0.3) is 0 Å². The Balaban J connectivity index is 0.00000196. The van der Waals surface area contributed by atoms with Gasteiger partial charge in [0.05, 0.1) is 13.7 Å². The van der Waals surface area contributed by atoms with Crippen molar-refractivity contribution in [2.75, 3.05) is 46.9 Å². The number of nitrogens with zero attached hydrogens (tertiary/aromatic N) is 4. The Morgan fingerprint density at radius 2 is 1.86 bits per heavy atom. The van der Waals surface area contributed by atoms with Crippen LogP contribution in [0.5, 0.6) is 5.75 Å². The molecular formula is C18H27Cl2N5O3. The molecule has 0 unspecified atom stereocenters. The van der Waals surface area contributed by atoms with Crippen LogP contribution >= 0.6 is 24.8 Å². The van der Waals surface area contributed by atoms with Crippen LogP contribution in [0.15, 0.2) is 28.8 Å². The van der Waals surface area contributed by atoms with Crippen LogP contribution in [0.1, 0.15) is 12.3 Å². The summed E-state index contributed by atoms with van der Waals surface area (Å²) in [5.41, 5.74) is 0.890. The molecule has 156 valence electrons. The number of benzene rings is 1. The number of amides is 1. The number of rotatable bonds is 7. The van der Waals surface area contributed by atoms with E-state index >= 15 is 0 Å². The van der Waals surface area contributed by atoms with E-state index in [1.165, 1.54) is 0 Å². The van der Waals surface area contributed by atoms with Gasteiger partial charge in [-0.3, -0.25) is 9.69 Å². The number of ether oxygens (including phenoxy) is 1. The maximum Gasteiger partial charge on any atom is 0.241 e. The van der Waals surface area contributed by atoms with E-state index in [9.17, 15) is 4.79 Å². The molecule has 1 saturated heterocycles. The molecule has 0 aliphatic carbocycles. The maximum atomic E-state index is 12.0. The molecule has 10 heteroatoms. The third-order valence-electron chi connectivity index (χ3n) is 4.49. The van der Waals surface area contributed by atoms with Gasteiger partial charge in [-0.05, 0) is 31.3 Å². The quantitative estimate of drug-likeness (QED) is 0.715. The highest BCUT2D eigenvalue weighted by atomic mass is 35.5. The fraction of sp³-hybridized carbons (Fsp3) is 0.500. The third-order valence-corrected chi connectivity index (χ3v) is 4.49. The average molecular weight is 432 g/mol. The second kappa shape index (κ2) is 11.9. The van der Waals surface area contributed by atoms with Gasteiger partial charge in [-0.1, -0.05) is 5.16 Å². The monoisotopic (exact) mass is 431 g/mol. The van der Waals surface area contributed by atoms with E-state index in [1.54, 1.807) is 7.11 Å². The summed E-state index contributed by atoms with van der Waals surface area (Å²) in [6.45, 7) is 4.41. The van der Waals surface area contributed by atoms with Gasteiger partial charge >= 0.3 is 0 Å². The molecule has 0 saturated carbocycles. The minimum absolute atomic E-state index is 0. The lowest BCUT2D eigenvalue weighted by Gasteiger charge is -2.34. The molecule has 1 aromatic heterocycles. The molecule has 1 fully saturated rings.